The second-order valence-corrected chi connectivity index (χ2v) is 8.16. The maximum Gasteiger partial charge on any atom is 0.325 e. The molecule has 0 saturated heterocycles. The van der Waals surface area contributed by atoms with Crippen LogP contribution in [0.25, 0.3) is 0 Å². The molecule has 0 spiro atoms. The van der Waals surface area contributed by atoms with E-state index in [1.807, 2.05) is 0 Å². The van der Waals surface area contributed by atoms with Gasteiger partial charge in [0, 0.05) is 13.1 Å². The molecule has 2 rings (SSSR count). The average Bonchev–Trinajstić information content (AvgIpc) is 2.72. The Labute approximate surface area is 169 Å². The molecule has 6 nitrogen and oxygen atoms in total. The van der Waals surface area contributed by atoms with Gasteiger partial charge in [0.2, 0.25) is 0 Å². The number of hydrogen-bond acceptors (Lipinski definition) is 6. The van der Waals surface area contributed by atoms with Gasteiger partial charge in [0.15, 0.2) is 0 Å². The van der Waals surface area contributed by atoms with Crippen LogP contribution in [-0.2, 0) is 27.5 Å². The van der Waals surface area contributed by atoms with Crippen molar-refractivity contribution in [1.82, 2.24) is 0 Å². The second-order valence-electron chi connectivity index (χ2n) is 6.60. The summed E-state index contributed by atoms with van der Waals surface area (Å²) in [7, 11) is -3.95. The van der Waals surface area contributed by atoms with Gasteiger partial charge in [0.25, 0.3) is 0 Å². The fourth-order valence-electron chi connectivity index (χ4n) is 2.93. The molecule has 9 heteroatoms. The van der Waals surface area contributed by atoms with Gasteiger partial charge in [-0.05, 0) is 22.3 Å². The number of hydrogen-bond donors (Lipinski definition) is 2. The highest BCUT2D eigenvalue weighted by Gasteiger charge is 2.29. The first kappa shape index (κ1) is 22.9. The molecule has 2 unspecified atom stereocenters. The van der Waals surface area contributed by atoms with E-state index in [1.165, 1.54) is 0 Å². The fraction of sp³-hybridized carbons (Fsp3) is 0.350. The van der Waals surface area contributed by atoms with Crippen LogP contribution >= 0.6 is 0 Å². The summed E-state index contributed by atoms with van der Waals surface area (Å²) in [5.74, 6) is -1.97. The lowest BCUT2D eigenvalue weighted by Crippen LogP contribution is -2.25. The van der Waals surface area contributed by atoms with Crippen LogP contribution in [0.1, 0.15) is 34.1 Å². The van der Waals surface area contributed by atoms with Crippen molar-refractivity contribution in [2.75, 3.05) is 19.6 Å². The summed E-state index contributed by atoms with van der Waals surface area (Å²) >= 11 is 0. The number of halogens is 2. The van der Waals surface area contributed by atoms with Gasteiger partial charge >= 0.3 is 10.1 Å². The van der Waals surface area contributed by atoms with E-state index in [0.717, 1.165) is 17.4 Å². The summed E-state index contributed by atoms with van der Waals surface area (Å²) in [5.41, 5.74) is 13.8. The van der Waals surface area contributed by atoms with Crippen LogP contribution in [-0.4, -0.2) is 33.7 Å². The highest BCUT2D eigenvalue weighted by molar-refractivity contribution is 7.85. The van der Waals surface area contributed by atoms with Crippen molar-refractivity contribution >= 4 is 15.8 Å². The van der Waals surface area contributed by atoms with E-state index in [0.29, 0.717) is 24.2 Å². The number of benzene rings is 2. The molecule has 0 heterocycles. The summed E-state index contributed by atoms with van der Waals surface area (Å²) in [5, 5.41) is 3.67. The van der Waals surface area contributed by atoms with Crippen molar-refractivity contribution in [3.8, 4) is 0 Å². The Morgan fingerprint density at radius 2 is 1.28 bits per heavy atom. The van der Waals surface area contributed by atoms with Crippen LogP contribution in [0.5, 0.6) is 0 Å². The predicted molar refractivity (Wildman–Crippen MR) is 109 cm³/mol. The highest BCUT2D eigenvalue weighted by atomic mass is 32.2. The van der Waals surface area contributed by atoms with Crippen molar-refractivity contribution in [3.63, 3.8) is 0 Å². The van der Waals surface area contributed by atoms with Crippen LogP contribution in [0.4, 0.5) is 8.78 Å². The topological polar surface area (TPSA) is 108 Å². The Bertz CT molecular complexity index is 859. The smallest absolute Gasteiger partial charge is 0.325 e. The zero-order chi connectivity index (χ0) is 21.4. The molecule has 0 bridgehead atoms. The minimum Gasteiger partial charge on any atom is -0.326 e. The molecule has 0 aromatic heterocycles. The van der Waals surface area contributed by atoms with Crippen molar-refractivity contribution in [2.45, 2.75) is 24.9 Å². The van der Waals surface area contributed by atoms with E-state index >= 15 is 0 Å². The SMILES string of the molecule is CS(=O)(=O)ON=C(C(CF)c1ccc(CN)cc1)C(CF)c1ccc(CN)cc1. The lowest BCUT2D eigenvalue weighted by molar-refractivity contribution is 0.333. The molecule has 0 fully saturated rings. The number of oxime groups is 1. The molecule has 0 aliphatic rings. The van der Waals surface area contributed by atoms with Crippen molar-refractivity contribution in [2.24, 2.45) is 16.6 Å². The third-order valence-electron chi connectivity index (χ3n) is 4.54. The molecule has 2 atom stereocenters. The first-order valence-electron chi connectivity index (χ1n) is 8.99. The highest BCUT2D eigenvalue weighted by Crippen LogP contribution is 2.30. The van der Waals surface area contributed by atoms with E-state index in [9.17, 15) is 17.2 Å². The van der Waals surface area contributed by atoms with Crippen LogP contribution in [0.2, 0.25) is 0 Å². The van der Waals surface area contributed by atoms with E-state index in [-0.39, 0.29) is 5.71 Å². The van der Waals surface area contributed by atoms with Crippen molar-refractivity contribution < 1.29 is 21.5 Å². The monoisotopic (exact) mass is 425 g/mol. The molecule has 0 saturated carbocycles. The number of rotatable bonds is 10. The molecule has 0 amide bonds. The number of nitrogens with two attached hydrogens (primary N) is 2. The average molecular weight is 426 g/mol. The zero-order valence-electron chi connectivity index (χ0n) is 16.1. The van der Waals surface area contributed by atoms with Crippen LogP contribution in [0.3, 0.4) is 0 Å². The molecule has 158 valence electrons. The third-order valence-corrected chi connectivity index (χ3v) is 4.88. The van der Waals surface area contributed by atoms with E-state index in [1.54, 1.807) is 48.5 Å². The molecule has 4 N–H and O–H groups in total. The van der Waals surface area contributed by atoms with Gasteiger partial charge in [-0.2, -0.15) is 8.42 Å². The standard InChI is InChI=1S/C20H25F2N3O3S/c1-29(26,27)28-25-20(18(10-21)16-6-2-14(12-23)3-7-16)19(11-22)17-8-4-15(13-24)5-9-17/h2-9,18-19H,10-13,23-24H2,1H3. The van der Waals surface area contributed by atoms with Gasteiger partial charge in [-0.3, -0.25) is 13.1 Å². The second kappa shape index (κ2) is 10.4. The number of nitrogens with zero attached hydrogens (tertiary/aromatic N) is 1. The van der Waals surface area contributed by atoms with Gasteiger partial charge in [-0.25, -0.2) is 0 Å². The summed E-state index contributed by atoms with van der Waals surface area (Å²) in [6, 6.07) is 13.6. The van der Waals surface area contributed by atoms with Gasteiger partial charge in [-0.15, -0.1) is 0 Å². The fourth-order valence-corrected chi connectivity index (χ4v) is 3.15. The van der Waals surface area contributed by atoms with Crippen LogP contribution < -0.4 is 11.5 Å². The van der Waals surface area contributed by atoms with Gasteiger partial charge in [0.05, 0.1) is 23.8 Å². The summed E-state index contributed by atoms with van der Waals surface area (Å²) in [4.78, 5) is 0. The summed E-state index contributed by atoms with van der Waals surface area (Å²) in [6.07, 6.45) is 0.815. The summed E-state index contributed by atoms with van der Waals surface area (Å²) in [6.45, 7) is -1.19. The third kappa shape index (κ3) is 6.31. The van der Waals surface area contributed by atoms with Gasteiger partial charge < -0.3 is 11.5 Å². The molecule has 0 radical (unpaired) electrons. The van der Waals surface area contributed by atoms with Crippen LogP contribution in [0, 0.1) is 0 Å². The predicted octanol–water partition coefficient (Wildman–Crippen LogP) is 2.74. The summed E-state index contributed by atoms with van der Waals surface area (Å²) < 4.78 is 55.6. The number of alkyl halides is 2. The molecular formula is C20H25F2N3O3S. The van der Waals surface area contributed by atoms with E-state index in [4.69, 9.17) is 11.5 Å². The lowest BCUT2D eigenvalue weighted by atomic mass is 9.83. The Kier molecular flexibility index (Phi) is 8.24. The maximum absolute atomic E-state index is 14.1. The Balaban J connectivity index is 2.52. The molecule has 0 aliphatic heterocycles. The lowest BCUT2D eigenvalue weighted by Gasteiger charge is -2.23. The van der Waals surface area contributed by atoms with Crippen LogP contribution in [0.15, 0.2) is 53.7 Å². The minimum atomic E-state index is -3.95. The van der Waals surface area contributed by atoms with E-state index in [2.05, 4.69) is 9.44 Å². The molecule has 0 aliphatic carbocycles. The van der Waals surface area contributed by atoms with Gasteiger partial charge in [-0.1, -0.05) is 53.7 Å². The van der Waals surface area contributed by atoms with Crippen molar-refractivity contribution in [3.05, 3.63) is 70.8 Å². The molecule has 2 aromatic carbocycles. The van der Waals surface area contributed by atoms with Gasteiger partial charge in [0.1, 0.15) is 13.3 Å². The zero-order valence-corrected chi connectivity index (χ0v) is 16.9. The minimum absolute atomic E-state index is 0.0542. The maximum atomic E-state index is 14.1. The molecule has 2 aromatic rings. The normalized spacial score (nSPS) is 13.6. The Morgan fingerprint density at radius 1 is 0.897 bits per heavy atom. The van der Waals surface area contributed by atoms with Crippen molar-refractivity contribution in [1.29, 1.82) is 0 Å². The Morgan fingerprint density at radius 3 is 1.55 bits per heavy atom. The quantitative estimate of drug-likeness (QED) is 0.450. The first-order valence-corrected chi connectivity index (χ1v) is 10.8. The molecular weight excluding hydrogens is 400 g/mol. The van der Waals surface area contributed by atoms with E-state index < -0.39 is 35.3 Å². The largest absolute Gasteiger partial charge is 0.326 e. The first-order chi connectivity index (χ1) is 13.8. The molecule has 29 heavy (non-hydrogen) atoms. The Hall–Kier alpha value is -2.36.